The van der Waals surface area contributed by atoms with E-state index >= 15 is 0 Å². The first-order valence-corrected chi connectivity index (χ1v) is 5.57. The minimum atomic E-state index is -4.59. The molecule has 0 heterocycles. The standard InChI is InChI=1S/C10H18F3N3O3/c1-6(2)7(8(14)15-19)9(18)16(3-4-17)5-10(11,12)13/h6-7,17,19H,3-5H2,1-2H3,(H2,14,15). The number of oxime groups is 1. The first kappa shape index (κ1) is 17.5. The molecule has 0 aliphatic rings. The Bertz CT molecular complexity index is 332. The Kier molecular flexibility index (Phi) is 6.60. The number of hydrogen-bond donors (Lipinski definition) is 3. The molecule has 1 atom stereocenters. The van der Waals surface area contributed by atoms with Crippen LogP contribution in [0.15, 0.2) is 5.16 Å². The molecule has 1 unspecified atom stereocenters. The maximum atomic E-state index is 12.4. The summed E-state index contributed by atoms with van der Waals surface area (Å²) in [7, 11) is 0. The van der Waals surface area contributed by atoms with Crippen LogP contribution in [0.1, 0.15) is 13.8 Å². The van der Waals surface area contributed by atoms with Crippen molar-refractivity contribution in [1.29, 1.82) is 0 Å². The lowest BCUT2D eigenvalue weighted by Crippen LogP contribution is -2.48. The van der Waals surface area contributed by atoms with Gasteiger partial charge < -0.3 is 20.9 Å². The largest absolute Gasteiger partial charge is 0.409 e. The van der Waals surface area contributed by atoms with Gasteiger partial charge >= 0.3 is 6.18 Å². The number of amidine groups is 1. The lowest BCUT2D eigenvalue weighted by atomic mass is 9.93. The first-order chi connectivity index (χ1) is 8.64. The van der Waals surface area contributed by atoms with Crippen molar-refractivity contribution in [1.82, 2.24) is 4.90 Å². The highest BCUT2D eigenvalue weighted by Crippen LogP contribution is 2.20. The van der Waals surface area contributed by atoms with E-state index in [-0.39, 0.29) is 0 Å². The van der Waals surface area contributed by atoms with E-state index in [1.165, 1.54) is 0 Å². The van der Waals surface area contributed by atoms with Crippen LogP contribution < -0.4 is 5.73 Å². The monoisotopic (exact) mass is 285 g/mol. The van der Waals surface area contributed by atoms with Gasteiger partial charge in [0, 0.05) is 6.54 Å². The van der Waals surface area contributed by atoms with E-state index in [4.69, 9.17) is 16.0 Å². The summed E-state index contributed by atoms with van der Waals surface area (Å²) in [5.74, 6) is -3.00. The lowest BCUT2D eigenvalue weighted by Gasteiger charge is -2.28. The number of rotatable bonds is 6. The van der Waals surface area contributed by atoms with E-state index in [1.807, 2.05) is 0 Å². The van der Waals surface area contributed by atoms with Gasteiger partial charge in [-0.25, -0.2) is 0 Å². The topological polar surface area (TPSA) is 99.2 Å². The van der Waals surface area contributed by atoms with Gasteiger partial charge in [0.1, 0.15) is 12.5 Å². The fraction of sp³-hybridized carbons (Fsp3) is 0.800. The van der Waals surface area contributed by atoms with Crippen LogP contribution in [-0.4, -0.2) is 52.8 Å². The Morgan fingerprint density at radius 2 is 1.95 bits per heavy atom. The van der Waals surface area contributed by atoms with Gasteiger partial charge in [0.05, 0.1) is 6.61 Å². The average molecular weight is 285 g/mol. The van der Waals surface area contributed by atoms with E-state index in [2.05, 4.69) is 5.16 Å². The average Bonchev–Trinajstić information content (AvgIpc) is 2.26. The third-order valence-electron chi connectivity index (χ3n) is 2.42. The molecule has 4 N–H and O–H groups in total. The van der Waals surface area contributed by atoms with Gasteiger partial charge in [-0.2, -0.15) is 13.2 Å². The van der Waals surface area contributed by atoms with Gasteiger partial charge in [0.2, 0.25) is 5.91 Å². The third-order valence-corrected chi connectivity index (χ3v) is 2.42. The summed E-state index contributed by atoms with van der Waals surface area (Å²) in [5, 5.41) is 20.0. The summed E-state index contributed by atoms with van der Waals surface area (Å²) < 4.78 is 37.1. The first-order valence-electron chi connectivity index (χ1n) is 5.57. The van der Waals surface area contributed by atoms with Crippen LogP contribution in [-0.2, 0) is 4.79 Å². The highest BCUT2D eigenvalue weighted by molar-refractivity contribution is 6.02. The molecule has 0 radical (unpaired) electrons. The molecule has 0 aliphatic carbocycles. The molecule has 6 nitrogen and oxygen atoms in total. The molecule has 0 aliphatic heterocycles. The molecule has 0 saturated heterocycles. The molecular formula is C10H18F3N3O3. The number of carbonyl (C=O) groups excluding carboxylic acids is 1. The van der Waals surface area contributed by atoms with Crippen LogP contribution in [0, 0.1) is 11.8 Å². The molecule has 9 heteroatoms. The molecule has 1 amide bonds. The van der Waals surface area contributed by atoms with Gasteiger partial charge in [0.15, 0.2) is 5.84 Å². The number of aliphatic hydroxyl groups is 1. The Hall–Kier alpha value is -1.51. The molecule has 0 fully saturated rings. The normalized spacial score (nSPS) is 14.6. The second-order valence-electron chi connectivity index (χ2n) is 4.35. The van der Waals surface area contributed by atoms with Crippen molar-refractivity contribution in [3.05, 3.63) is 0 Å². The number of nitrogens with two attached hydrogens (primary N) is 1. The van der Waals surface area contributed by atoms with Gasteiger partial charge in [-0.05, 0) is 5.92 Å². The molecule has 0 aromatic rings. The Morgan fingerprint density at radius 3 is 2.26 bits per heavy atom. The van der Waals surface area contributed by atoms with Gasteiger partial charge in [-0.1, -0.05) is 19.0 Å². The number of alkyl halides is 3. The lowest BCUT2D eigenvalue weighted by molar-refractivity contribution is -0.164. The van der Waals surface area contributed by atoms with Crippen molar-refractivity contribution >= 4 is 11.7 Å². The van der Waals surface area contributed by atoms with Gasteiger partial charge in [-0.15, -0.1) is 0 Å². The van der Waals surface area contributed by atoms with E-state index in [9.17, 15) is 18.0 Å². The van der Waals surface area contributed by atoms with Crippen molar-refractivity contribution < 1.29 is 28.3 Å². The molecule has 0 aromatic heterocycles. The number of aliphatic hydroxyl groups excluding tert-OH is 1. The van der Waals surface area contributed by atoms with Crippen LogP contribution >= 0.6 is 0 Å². The van der Waals surface area contributed by atoms with Crippen molar-refractivity contribution in [3.8, 4) is 0 Å². The maximum Gasteiger partial charge on any atom is 0.406 e. The molecule has 0 rings (SSSR count). The van der Waals surface area contributed by atoms with E-state index in [0.29, 0.717) is 4.90 Å². The smallest absolute Gasteiger partial charge is 0.406 e. The zero-order chi connectivity index (χ0) is 15.2. The minimum Gasteiger partial charge on any atom is -0.409 e. The van der Waals surface area contributed by atoms with Crippen LogP contribution in [0.25, 0.3) is 0 Å². The highest BCUT2D eigenvalue weighted by atomic mass is 19.4. The molecule has 0 spiro atoms. The van der Waals surface area contributed by atoms with Gasteiger partial charge in [0.25, 0.3) is 0 Å². The van der Waals surface area contributed by atoms with E-state index in [1.54, 1.807) is 13.8 Å². The zero-order valence-corrected chi connectivity index (χ0v) is 10.7. The maximum absolute atomic E-state index is 12.4. The molecular weight excluding hydrogens is 267 g/mol. The van der Waals surface area contributed by atoms with Crippen LogP contribution in [0.4, 0.5) is 13.2 Å². The zero-order valence-electron chi connectivity index (χ0n) is 10.7. The third kappa shape index (κ3) is 5.77. The second kappa shape index (κ2) is 7.17. The van der Waals surface area contributed by atoms with E-state index < -0.39 is 49.5 Å². The fourth-order valence-electron chi connectivity index (χ4n) is 1.62. The van der Waals surface area contributed by atoms with Crippen molar-refractivity contribution in [2.45, 2.75) is 20.0 Å². The van der Waals surface area contributed by atoms with Crippen LogP contribution in [0.3, 0.4) is 0 Å². The predicted molar refractivity (Wildman–Crippen MR) is 61.5 cm³/mol. The SMILES string of the molecule is CC(C)C(C(=O)N(CCO)CC(F)(F)F)C(N)=NO. The molecule has 0 aromatic carbocycles. The Balaban J connectivity index is 5.14. The minimum absolute atomic E-state index is 0.446. The number of halogens is 3. The quantitative estimate of drug-likeness (QED) is 0.284. The van der Waals surface area contributed by atoms with Crippen LogP contribution in [0.2, 0.25) is 0 Å². The number of nitrogens with zero attached hydrogens (tertiary/aromatic N) is 2. The van der Waals surface area contributed by atoms with Crippen molar-refractivity contribution in [2.24, 2.45) is 22.7 Å². The molecule has 19 heavy (non-hydrogen) atoms. The summed E-state index contributed by atoms with van der Waals surface area (Å²) in [6, 6.07) is 0. The number of amides is 1. The van der Waals surface area contributed by atoms with Crippen LogP contribution in [0.5, 0.6) is 0 Å². The van der Waals surface area contributed by atoms with Crippen molar-refractivity contribution in [3.63, 3.8) is 0 Å². The summed E-state index contributed by atoms with van der Waals surface area (Å²) in [5.41, 5.74) is 5.33. The summed E-state index contributed by atoms with van der Waals surface area (Å²) in [4.78, 5) is 12.4. The van der Waals surface area contributed by atoms with Crippen molar-refractivity contribution in [2.75, 3.05) is 19.7 Å². The highest BCUT2D eigenvalue weighted by Gasteiger charge is 2.37. The number of hydrogen-bond acceptors (Lipinski definition) is 4. The molecule has 0 saturated carbocycles. The predicted octanol–water partition coefficient (Wildman–Crippen LogP) is 0.388. The Morgan fingerprint density at radius 1 is 1.42 bits per heavy atom. The number of carbonyl (C=O) groups is 1. The molecule has 0 bridgehead atoms. The molecule has 112 valence electrons. The summed E-state index contributed by atoms with van der Waals surface area (Å²) >= 11 is 0. The fourth-order valence-corrected chi connectivity index (χ4v) is 1.62. The van der Waals surface area contributed by atoms with E-state index in [0.717, 1.165) is 0 Å². The second-order valence-corrected chi connectivity index (χ2v) is 4.35. The Labute approximate surface area is 108 Å². The summed E-state index contributed by atoms with van der Waals surface area (Å²) in [6.45, 7) is 0.550. The van der Waals surface area contributed by atoms with Gasteiger partial charge in [-0.3, -0.25) is 4.79 Å². The summed E-state index contributed by atoms with van der Waals surface area (Å²) in [6.07, 6.45) is -4.59.